The number of ether oxygens (including phenoxy) is 2. The molecule has 0 N–H and O–H groups in total. The summed E-state index contributed by atoms with van der Waals surface area (Å²) < 4.78 is 9.33. The van der Waals surface area contributed by atoms with Crippen molar-refractivity contribution in [3.63, 3.8) is 0 Å². The third kappa shape index (κ3) is 2.72. The fraction of sp³-hybridized carbons (Fsp3) is 0.429. The van der Waals surface area contributed by atoms with Crippen molar-refractivity contribution in [3.05, 3.63) is 33.9 Å². The Balaban J connectivity index is 2.53. The van der Waals surface area contributed by atoms with Crippen LogP contribution in [-0.2, 0) is 14.3 Å². The molecular weight excluding hydrogens is 292 g/mol. The monoisotopic (exact) mass is 308 g/mol. The van der Waals surface area contributed by atoms with Crippen LogP contribution in [0.1, 0.15) is 23.2 Å². The molecule has 0 bridgehead atoms. The van der Waals surface area contributed by atoms with Gasteiger partial charge >= 0.3 is 17.6 Å². The first-order chi connectivity index (χ1) is 10.5. The van der Waals surface area contributed by atoms with Crippen LogP contribution in [0.4, 0.5) is 11.4 Å². The van der Waals surface area contributed by atoms with Gasteiger partial charge in [-0.05, 0) is 25.0 Å². The third-order valence-corrected chi connectivity index (χ3v) is 3.64. The lowest BCUT2D eigenvalue weighted by molar-refractivity contribution is -0.384. The summed E-state index contributed by atoms with van der Waals surface area (Å²) in [4.78, 5) is 36.0. The summed E-state index contributed by atoms with van der Waals surface area (Å²) in [6.07, 6.45) is 1.26. The van der Waals surface area contributed by atoms with E-state index in [9.17, 15) is 19.7 Å². The molecule has 2 rings (SSSR count). The first-order valence-corrected chi connectivity index (χ1v) is 6.71. The van der Waals surface area contributed by atoms with Crippen LogP contribution in [0.2, 0.25) is 0 Å². The van der Waals surface area contributed by atoms with E-state index in [0.29, 0.717) is 19.4 Å². The van der Waals surface area contributed by atoms with Crippen molar-refractivity contribution in [1.82, 2.24) is 0 Å². The normalized spacial score (nSPS) is 17.2. The van der Waals surface area contributed by atoms with Crippen molar-refractivity contribution in [3.8, 4) is 0 Å². The molecule has 8 heteroatoms. The number of carbonyl (C=O) groups is 2. The van der Waals surface area contributed by atoms with Crippen molar-refractivity contribution in [2.75, 3.05) is 25.7 Å². The molecule has 0 aromatic heterocycles. The Morgan fingerprint density at radius 2 is 2.05 bits per heavy atom. The highest BCUT2D eigenvalue weighted by Crippen LogP contribution is 2.36. The quantitative estimate of drug-likeness (QED) is 0.472. The summed E-state index contributed by atoms with van der Waals surface area (Å²) in [6.45, 7) is 0.477. The highest BCUT2D eigenvalue weighted by atomic mass is 16.6. The first-order valence-electron chi connectivity index (χ1n) is 6.71. The van der Waals surface area contributed by atoms with Gasteiger partial charge in [-0.2, -0.15) is 0 Å². The van der Waals surface area contributed by atoms with Crippen molar-refractivity contribution >= 4 is 23.3 Å². The molecule has 1 aliphatic rings. The molecule has 1 fully saturated rings. The minimum absolute atomic E-state index is 0.138. The molecule has 0 radical (unpaired) electrons. The van der Waals surface area contributed by atoms with E-state index in [2.05, 4.69) is 4.74 Å². The van der Waals surface area contributed by atoms with Gasteiger partial charge in [-0.25, -0.2) is 9.59 Å². The molecule has 0 saturated carbocycles. The van der Waals surface area contributed by atoms with E-state index in [0.717, 1.165) is 7.11 Å². The maximum atomic E-state index is 11.8. The highest BCUT2D eigenvalue weighted by Gasteiger charge is 2.37. The van der Waals surface area contributed by atoms with E-state index in [1.54, 1.807) is 4.90 Å². The van der Waals surface area contributed by atoms with Gasteiger partial charge in [0.05, 0.1) is 19.1 Å². The van der Waals surface area contributed by atoms with Gasteiger partial charge in [-0.1, -0.05) is 6.07 Å². The summed E-state index contributed by atoms with van der Waals surface area (Å²) >= 11 is 0. The zero-order valence-corrected chi connectivity index (χ0v) is 12.3. The summed E-state index contributed by atoms with van der Waals surface area (Å²) in [7, 11) is 2.43. The summed E-state index contributed by atoms with van der Waals surface area (Å²) in [5.41, 5.74) is -0.272. The number of methoxy groups -OCH3 is 2. The van der Waals surface area contributed by atoms with Gasteiger partial charge in [0.2, 0.25) is 0 Å². The van der Waals surface area contributed by atoms with Gasteiger partial charge in [0.1, 0.15) is 17.3 Å². The van der Waals surface area contributed by atoms with Gasteiger partial charge in [0.15, 0.2) is 0 Å². The van der Waals surface area contributed by atoms with Gasteiger partial charge in [-0.3, -0.25) is 10.1 Å². The van der Waals surface area contributed by atoms with Crippen LogP contribution in [0, 0.1) is 10.1 Å². The lowest BCUT2D eigenvalue weighted by Crippen LogP contribution is -2.37. The molecule has 1 atom stereocenters. The lowest BCUT2D eigenvalue weighted by atomic mass is 10.1. The van der Waals surface area contributed by atoms with Crippen LogP contribution in [-0.4, -0.2) is 43.7 Å². The van der Waals surface area contributed by atoms with Gasteiger partial charge in [0, 0.05) is 6.54 Å². The number of benzene rings is 1. The molecule has 1 heterocycles. The summed E-state index contributed by atoms with van der Waals surface area (Å²) in [6, 6.07) is 3.79. The predicted molar refractivity (Wildman–Crippen MR) is 76.8 cm³/mol. The van der Waals surface area contributed by atoms with E-state index in [-0.39, 0.29) is 16.9 Å². The zero-order chi connectivity index (χ0) is 16.3. The molecule has 118 valence electrons. The van der Waals surface area contributed by atoms with E-state index in [1.807, 2.05) is 0 Å². The second-order valence-electron chi connectivity index (χ2n) is 4.80. The molecule has 1 aliphatic heterocycles. The maximum absolute atomic E-state index is 11.8. The Kier molecular flexibility index (Phi) is 4.59. The number of nitro groups is 1. The number of para-hydroxylation sites is 1. The topological polar surface area (TPSA) is 99.0 Å². The van der Waals surface area contributed by atoms with Crippen molar-refractivity contribution in [1.29, 1.82) is 0 Å². The molecule has 0 amide bonds. The third-order valence-electron chi connectivity index (χ3n) is 3.64. The fourth-order valence-electron chi connectivity index (χ4n) is 2.67. The number of anilines is 1. The number of hydrogen-bond acceptors (Lipinski definition) is 7. The van der Waals surface area contributed by atoms with Crippen LogP contribution in [0.25, 0.3) is 0 Å². The van der Waals surface area contributed by atoms with Crippen molar-refractivity contribution in [2.45, 2.75) is 18.9 Å². The molecular formula is C14H16N2O6. The molecule has 0 aliphatic carbocycles. The molecule has 22 heavy (non-hydrogen) atoms. The molecule has 1 saturated heterocycles. The Bertz CT molecular complexity index is 615. The smallest absolute Gasteiger partial charge is 0.344 e. The summed E-state index contributed by atoms with van der Waals surface area (Å²) in [5.74, 6) is -1.24. The Morgan fingerprint density at radius 3 is 2.64 bits per heavy atom. The molecule has 8 nitrogen and oxygen atoms in total. The number of carbonyl (C=O) groups excluding carboxylic acids is 2. The second-order valence-corrected chi connectivity index (χ2v) is 4.80. The highest BCUT2D eigenvalue weighted by molar-refractivity contribution is 5.97. The van der Waals surface area contributed by atoms with Gasteiger partial charge < -0.3 is 14.4 Å². The fourth-order valence-corrected chi connectivity index (χ4v) is 2.67. The van der Waals surface area contributed by atoms with Crippen LogP contribution in [0.3, 0.4) is 0 Å². The Hall–Kier alpha value is -2.64. The first kappa shape index (κ1) is 15.7. The van der Waals surface area contributed by atoms with Crippen molar-refractivity contribution in [2.24, 2.45) is 0 Å². The zero-order valence-electron chi connectivity index (χ0n) is 12.3. The number of esters is 2. The van der Waals surface area contributed by atoms with Crippen LogP contribution >= 0.6 is 0 Å². The van der Waals surface area contributed by atoms with E-state index in [4.69, 9.17) is 4.74 Å². The number of hydrogen-bond donors (Lipinski definition) is 0. The van der Waals surface area contributed by atoms with Crippen LogP contribution < -0.4 is 4.90 Å². The Morgan fingerprint density at radius 1 is 1.32 bits per heavy atom. The maximum Gasteiger partial charge on any atom is 0.344 e. The minimum atomic E-state index is -0.789. The minimum Gasteiger partial charge on any atom is -0.467 e. The van der Waals surface area contributed by atoms with E-state index < -0.39 is 22.9 Å². The lowest BCUT2D eigenvalue weighted by Gasteiger charge is -2.24. The van der Waals surface area contributed by atoms with Crippen LogP contribution in [0.15, 0.2) is 18.2 Å². The largest absolute Gasteiger partial charge is 0.467 e. The van der Waals surface area contributed by atoms with Gasteiger partial charge in [-0.15, -0.1) is 0 Å². The molecule has 1 unspecified atom stereocenters. The van der Waals surface area contributed by atoms with Gasteiger partial charge in [0.25, 0.3) is 0 Å². The van der Waals surface area contributed by atoms with E-state index in [1.165, 1.54) is 25.3 Å². The standard InChI is InChI=1S/C14H16N2O6/c1-21-13(17)9-5-3-6-10(12(9)16(19)20)15-8-4-7-11(15)14(18)22-2/h3,5-6,11H,4,7-8H2,1-2H3. The number of nitro benzene ring substituents is 1. The second kappa shape index (κ2) is 6.42. The van der Waals surface area contributed by atoms with Crippen LogP contribution in [0.5, 0.6) is 0 Å². The summed E-state index contributed by atoms with van der Waals surface area (Å²) in [5, 5.41) is 11.4. The molecule has 1 aromatic rings. The molecule has 1 aromatic carbocycles. The van der Waals surface area contributed by atoms with Crippen molar-refractivity contribution < 1.29 is 24.0 Å². The average Bonchev–Trinajstić information content (AvgIpc) is 3.01. The average molecular weight is 308 g/mol. The number of rotatable bonds is 4. The molecule has 0 spiro atoms. The predicted octanol–water partition coefficient (Wildman–Crippen LogP) is 1.52. The van der Waals surface area contributed by atoms with E-state index >= 15 is 0 Å². The number of nitrogens with zero attached hydrogens (tertiary/aromatic N) is 2. The SMILES string of the molecule is COC(=O)c1cccc(N2CCCC2C(=O)OC)c1[N+](=O)[O-]. The Labute approximate surface area is 126 Å².